The quantitative estimate of drug-likeness (QED) is 0.824. The number of carbonyl (C=O) groups excluding carboxylic acids is 1. The molecular formula is C11H13ClN2O4S. The molecule has 0 aromatic heterocycles. The summed E-state index contributed by atoms with van der Waals surface area (Å²) in [5, 5.41) is 4.32. The standard InChI is InChI=1S/C11H13ClN2O4S/c12-11(15)9-7-8(19(13,16)17)1-2-10(9)14-3-5-18-6-4-14/h1-2,7H,3-6H2,(H2,13,16,17). The lowest BCUT2D eigenvalue weighted by Crippen LogP contribution is -2.37. The topological polar surface area (TPSA) is 89.7 Å². The number of sulfonamides is 1. The van der Waals surface area contributed by atoms with Gasteiger partial charge in [0.2, 0.25) is 10.0 Å². The van der Waals surface area contributed by atoms with Crippen LogP contribution in [0.2, 0.25) is 0 Å². The highest BCUT2D eigenvalue weighted by molar-refractivity contribution is 7.89. The number of anilines is 1. The maximum atomic E-state index is 11.5. The van der Waals surface area contributed by atoms with Crippen LogP contribution in [0.4, 0.5) is 5.69 Å². The van der Waals surface area contributed by atoms with Crippen LogP contribution in [0, 0.1) is 0 Å². The van der Waals surface area contributed by atoms with E-state index in [9.17, 15) is 13.2 Å². The third-order valence-electron chi connectivity index (χ3n) is 2.86. The Morgan fingerprint density at radius 1 is 1.32 bits per heavy atom. The van der Waals surface area contributed by atoms with E-state index < -0.39 is 15.3 Å². The van der Waals surface area contributed by atoms with Gasteiger partial charge in [-0.3, -0.25) is 4.79 Å². The lowest BCUT2D eigenvalue weighted by atomic mass is 10.1. The lowest BCUT2D eigenvalue weighted by molar-refractivity contribution is 0.107. The molecule has 0 unspecified atom stereocenters. The zero-order valence-electron chi connectivity index (χ0n) is 10.0. The molecule has 1 saturated heterocycles. The molecule has 2 N–H and O–H groups in total. The molecule has 0 aliphatic carbocycles. The summed E-state index contributed by atoms with van der Waals surface area (Å²) < 4.78 is 27.8. The number of nitrogens with two attached hydrogens (primary N) is 1. The van der Waals surface area contributed by atoms with Gasteiger partial charge in [0.1, 0.15) is 0 Å². The Morgan fingerprint density at radius 3 is 2.47 bits per heavy atom. The first-order chi connectivity index (χ1) is 8.89. The van der Waals surface area contributed by atoms with E-state index in [1.54, 1.807) is 6.07 Å². The number of primary sulfonamides is 1. The van der Waals surface area contributed by atoms with E-state index in [2.05, 4.69) is 0 Å². The SMILES string of the molecule is NS(=O)(=O)c1ccc(N2CCOCC2)c(C(=O)Cl)c1. The van der Waals surface area contributed by atoms with Crippen LogP contribution in [-0.2, 0) is 14.8 Å². The van der Waals surface area contributed by atoms with E-state index in [-0.39, 0.29) is 10.5 Å². The first kappa shape index (κ1) is 14.3. The van der Waals surface area contributed by atoms with Crippen molar-refractivity contribution in [2.24, 2.45) is 5.14 Å². The second-order valence-electron chi connectivity index (χ2n) is 4.10. The zero-order valence-corrected chi connectivity index (χ0v) is 11.6. The molecule has 0 spiro atoms. The number of hydrogen-bond donors (Lipinski definition) is 1. The van der Waals surface area contributed by atoms with Gasteiger partial charge in [-0.25, -0.2) is 13.6 Å². The molecule has 0 bridgehead atoms. The Labute approximate surface area is 116 Å². The second kappa shape index (κ2) is 5.46. The molecule has 1 aromatic carbocycles. The van der Waals surface area contributed by atoms with Crippen molar-refractivity contribution in [3.05, 3.63) is 23.8 Å². The summed E-state index contributed by atoms with van der Waals surface area (Å²) in [6.45, 7) is 2.33. The highest BCUT2D eigenvalue weighted by atomic mass is 35.5. The van der Waals surface area contributed by atoms with Gasteiger partial charge in [-0.1, -0.05) is 0 Å². The van der Waals surface area contributed by atoms with Gasteiger partial charge in [0.25, 0.3) is 5.24 Å². The molecule has 0 saturated carbocycles. The summed E-state index contributed by atoms with van der Waals surface area (Å²) in [6, 6.07) is 4.11. The van der Waals surface area contributed by atoms with Gasteiger partial charge < -0.3 is 9.64 Å². The van der Waals surface area contributed by atoms with E-state index in [4.69, 9.17) is 21.5 Å². The average molecular weight is 305 g/mol. The fraction of sp³-hybridized carbons (Fsp3) is 0.364. The summed E-state index contributed by atoms with van der Waals surface area (Å²) in [6.07, 6.45) is 0. The number of carbonyl (C=O) groups is 1. The fourth-order valence-corrected chi connectivity index (χ4v) is 2.62. The largest absolute Gasteiger partial charge is 0.378 e. The molecule has 2 rings (SSSR count). The molecule has 0 amide bonds. The number of halogens is 1. The molecule has 1 aliphatic heterocycles. The normalized spacial score (nSPS) is 16.4. The lowest BCUT2D eigenvalue weighted by Gasteiger charge is -2.30. The monoisotopic (exact) mass is 304 g/mol. The van der Waals surface area contributed by atoms with Gasteiger partial charge in [0, 0.05) is 18.8 Å². The van der Waals surface area contributed by atoms with E-state index in [1.165, 1.54) is 12.1 Å². The average Bonchev–Trinajstić information content (AvgIpc) is 2.38. The minimum atomic E-state index is -3.86. The summed E-state index contributed by atoms with van der Waals surface area (Å²) >= 11 is 5.52. The van der Waals surface area contributed by atoms with Gasteiger partial charge in [0.15, 0.2) is 0 Å². The molecule has 0 atom stereocenters. The number of morpholine rings is 1. The van der Waals surface area contributed by atoms with E-state index in [0.29, 0.717) is 32.0 Å². The van der Waals surface area contributed by atoms with Gasteiger partial charge in [-0.15, -0.1) is 0 Å². The fourth-order valence-electron chi connectivity index (χ4n) is 1.93. The smallest absolute Gasteiger partial charge is 0.254 e. The number of nitrogens with zero attached hydrogens (tertiary/aromatic N) is 1. The first-order valence-corrected chi connectivity index (χ1v) is 7.51. The van der Waals surface area contributed by atoms with Crippen molar-refractivity contribution in [3.8, 4) is 0 Å². The molecule has 104 valence electrons. The Balaban J connectivity index is 2.46. The molecule has 1 heterocycles. The molecule has 1 aliphatic rings. The molecule has 8 heteroatoms. The summed E-state index contributed by atoms with van der Waals surface area (Å²) in [7, 11) is -3.86. The summed E-state index contributed by atoms with van der Waals surface area (Å²) in [5.74, 6) is 0. The van der Waals surface area contributed by atoms with Crippen molar-refractivity contribution in [2.75, 3.05) is 31.2 Å². The molecular weight excluding hydrogens is 292 g/mol. The van der Waals surface area contributed by atoms with E-state index >= 15 is 0 Å². The molecule has 1 fully saturated rings. The van der Waals surface area contributed by atoms with Crippen LogP contribution in [0.15, 0.2) is 23.1 Å². The molecule has 6 nitrogen and oxygen atoms in total. The second-order valence-corrected chi connectivity index (χ2v) is 6.00. The number of hydrogen-bond acceptors (Lipinski definition) is 5. The van der Waals surface area contributed by atoms with Gasteiger partial charge >= 0.3 is 0 Å². The number of benzene rings is 1. The van der Waals surface area contributed by atoms with Crippen molar-refractivity contribution in [3.63, 3.8) is 0 Å². The predicted octanol–water partition coefficient (Wildman–Crippen LogP) is 0.550. The van der Waals surface area contributed by atoms with Gasteiger partial charge in [0.05, 0.1) is 23.7 Å². The predicted molar refractivity (Wildman–Crippen MR) is 71.0 cm³/mol. The van der Waals surface area contributed by atoms with Crippen LogP contribution in [-0.4, -0.2) is 40.0 Å². The first-order valence-electron chi connectivity index (χ1n) is 5.59. The van der Waals surface area contributed by atoms with Crippen molar-refractivity contribution in [1.82, 2.24) is 0 Å². The van der Waals surface area contributed by atoms with Crippen molar-refractivity contribution >= 4 is 32.6 Å². The van der Waals surface area contributed by atoms with Crippen LogP contribution in [0.3, 0.4) is 0 Å². The van der Waals surface area contributed by atoms with E-state index in [0.717, 1.165) is 0 Å². The summed E-state index contributed by atoms with van der Waals surface area (Å²) in [4.78, 5) is 13.3. The maximum absolute atomic E-state index is 11.5. The Hall–Kier alpha value is -1.15. The van der Waals surface area contributed by atoms with Crippen molar-refractivity contribution < 1.29 is 17.9 Å². The third kappa shape index (κ3) is 3.24. The highest BCUT2D eigenvalue weighted by Gasteiger charge is 2.20. The molecule has 0 radical (unpaired) electrons. The molecule has 19 heavy (non-hydrogen) atoms. The van der Waals surface area contributed by atoms with Crippen LogP contribution < -0.4 is 10.0 Å². The van der Waals surface area contributed by atoms with Crippen molar-refractivity contribution in [2.45, 2.75) is 4.90 Å². The maximum Gasteiger partial charge on any atom is 0.254 e. The van der Waals surface area contributed by atoms with E-state index in [1.807, 2.05) is 4.90 Å². The van der Waals surface area contributed by atoms with Crippen LogP contribution in [0.1, 0.15) is 10.4 Å². The number of rotatable bonds is 3. The summed E-state index contributed by atoms with van der Waals surface area (Å²) in [5.41, 5.74) is 0.728. The number of ether oxygens (including phenoxy) is 1. The minimum Gasteiger partial charge on any atom is -0.378 e. The highest BCUT2D eigenvalue weighted by Crippen LogP contribution is 2.26. The Bertz CT molecular complexity index is 597. The van der Waals surface area contributed by atoms with Gasteiger partial charge in [-0.05, 0) is 29.8 Å². The zero-order chi connectivity index (χ0) is 14.0. The van der Waals surface area contributed by atoms with Crippen LogP contribution in [0.25, 0.3) is 0 Å². The van der Waals surface area contributed by atoms with Crippen molar-refractivity contribution in [1.29, 1.82) is 0 Å². The Kier molecular flexibility index (Phi) is 4.10. The van der Waals surface area contributed by atoms with Gasteiger partial charge in [-0.2, -0.15) is 0 Å². The molecule has 1 aromatic rings. The van der Waals surface area contributed by atoms with Crippen LogP contribution in [0.5, 0.6) is 0 Å². The Morgan fingerprint density at radius 2 is 1.95 bits per heavy atom. The van der Waals surface area contributed by atoms with Crippen LogP contribution >= 0.6 is 11.6 Å². The minimum absolute atomic E-state index is 0.131. The third-order valence-corrected chi connectivity index (χ3v) is 3.97.